The maximum Gasteiger partial charge on any atom is 0.261 e. The Morgan fingerprint density at radius 3 is 2.56 bits per heavy atom. The van der Waals surface area contributed by atoms with Crippen LogP contribution in [0.3, 0.4) is 0 Å². The number of anilines is 2. The zero-order valence-corrected chi connectivity index (χ0v) is 18.6. The standard InChI is InChI=1S/C25H22N6O3/c1-16-22(23(31-34-16)17-6-4-3-5-7-17)24(32)29-21-9-8-20(30-25(21)33-2)18(14-26)15-28-19-10-12-27-13-11-19/h3-15,26H,1-2H3,(H,27,28)(H,29,32)/b18-15+,26-14?. The van der Waals surface area contributed by atoms with Gasteiger partial charge in [-0.2, -0.15) is 0 Å². The highest BCUT2D eigenvalue weighted by atomic mass is 16.5. The van der Waals surface area contributed by atoms with Gasteiger partial charge < -0.3 is 25.3 Å². The third-order valence-electron chi connectivity index (χ3n) is 4.96. The SMILES string of the molecule is COc1nc(/C(C=N)=C/Nc2ccncc2)ccc1NC(=O)c1c(-c2ccccc2)noc1C. The molecule has 1 aromatic carbocycles. The van der Waals surface area contributed by atoms with E-state index in [1.807, 2.05) is 30.3 Å². The lowest BCUT2D eigenvalue weighted by atomic mass is 10.1. The Bertz CT molecular complexity index is 1330. The van der Waals surface area contributed by atoms with Gasteiger partial charge in [0, 0.05) is 41.6 Å². The van der Waals surface area contributed by atoms with Crippen LogP contribution in [0.1, 0.15) is 21.8 Å². The van der Waals surface area contributed by atoms with Crippen molar-refractivity contribution in [2.24, 2.45) is 0 Å². The fourth-order valence-electron chi connectivity index (χ4n) is 3.27. The van der Waals surface area contributed by atoms with E-state index in [4.69, 9.17) is 14.7 Å². The first kappa shape index (κ1) is 22.4. The summed E-state index contributed by atoms with van der Waals surface area (Å²) in [6, 6.07) is 16.3. The van der Waals surface area contributed by atoms with Gasteiger partial charge in [-0.05, 0) is 31.2 Å². The van der Waals surface area contributed by atoms with E-state index >= 15 is 0 Å². The van der Waals surface area contributed by atoms with Crippen LogP contribution in [0.15, 0.2) is 77.7 Å². The van der Waals surface area contributed by atoms with Gasteiger partial charge in [0.25, 0.3) is 5.91 Å². The minimum Gasteiger partial charge on any atom is -0.479 e. The number of amides is 1. The molecule has 0 fully saturated rings. The lowest BCUT2D eigenvalue weighted by Gasteiger charge is -2.12. The van der Waals surface area contributed by atoms with Gasteiger partial charge in [-0.25, -0.2) is 4.98 Å². The van der Waals surface area contributed by atoms with Crippen LogP contribution in [0.4, 0.5) is 11.4 Å². The molecule has 3 N–H and O–H groups in total. The predicted molar refractivity (Wildman–Crippen MR) is 130 cm³/mol. The van der Waals surface area contributed by atoms with Crippen molar-refractivity contribution in [2.45, 2.75) is 6.92 Å². The first-order valence-electron chi connectivity index (χ1n) is 10.4. The third kappa shape index (κ3) is 4.83. The lowest BCUT2D eigenvalue weighted by Crippen LogP contribution is -2.15. The number of carbonyl (C=O) groups excluding carboxylic acids is 1. The fourth-order valence-corrected chi connectivity index (χ4v) is 3.27. The number of rotatable bonds is 8. The number of allylic oxidation sites excluding steroid dienone is 1. The summed E-state index contributed by atoms with van der Waals surface area (Å²) in [6.45, 7) is 1.68. The van der Waals surface area contributed by atoms with Gasteiger partial charge in [-0.3, -0.25) is 9.78 Å². The average Bonchev–Trinajstić information content (AvgIpc) is 3.27. The lowest BCUT2D eigenvalue weighted by molar-refractivity contribution is 0.102. The Morgan fingerprint density at radius 1 is 1.09 bits per heavy atom. The smallest absolute Gasteiger partial charge is 0.261 e. The Kier molecular flexibility index (Phi) is 6.73. The van der Waals surface area contributed by atoms with Crippen molar-refractivity contribution in [3.63, 3.8) is 0 Å². The van der Waals surface area contributed by atoms with E-state index in [2.05, 4.69) is 25.8 Å². The number of hydrogen-bond acceptors (Lipinski definition) is 8. The Morgan fingerprint density at radius 2 is 1.85 bits per heavy atom. The summed E-state index contributed by atoms with van der Waals surface area (Å²) in [4.78, 5) is 21.6. The summed E-state index contributed by atoms with van der Waals surface area (Å²) >= 11 is 0. The first-order valence-corrected chi connectivity index (χ1v) is 10.4. The van der Waals surface area contributed by atoms with Crippen molar-refractivity contribution in [2.75, 3.05) is 17.7 Å². The molecule has 3 heterocycles. The second-order valence-electron chi connectivity index (χ2n) is 7.16. The van der Waals surface area contributed by atoms with Crippen molar-refractivity contribution in [3.05, 3.63) is 90.2 Å². The van der Waals surface area contributed by atoms with Crippen LogP contribution in [0.25, 0.3) is 16.8 Å². The maximum absolute atomic E-state index is 13.1. The van der Waals surface area contributed by atoms with Crippen molar-refractivity contribution in [3.8, 4) is 17.1 Å². The normalized spacial score (nSPS) is 11.1. The van der Waals surface area contributed by atoms with E-state index < -0.39 is 5.91 Å². The van der Waals surface area contributed by atoms with Gasteiger partial charge in [-0.15, -0.1) is 0 Å². The van der Waals surface area contributed by atoms with Gasteiger partial charge in [-0.1, -0.05) is 35.5 Å². The van der Waals surface area contributed by atoms with E-state index in [0.29, 0.717) is 34.0 Å². The van der Waals surface area contributed by atoms with Gasteiger partial charge in [0.05, 0.1) is 12.8 Å². The Hall–Kier alpha value is -4.79. The number of ether oxygens (including phenoxy) is 1. The predicted octanol–water partition coefficient (Wildman–Crippen LogP) is 4.80. The molecule has 9 nitrogen and oxygen atoms in total. The minimum atomic E-state index is -0.396. The molecule has 34 heavy (non-hydrogen) atoms. The van der Waals surface area contributed by atoms with Crippen molar-refractivity contribution in [1.29, 1.82) is 5.41 Å². The van der Waals surface area contributed by atoms with Crippen LogP contribution in [0, 0.1) is 12.3 Å². The summed E-state index contributed by atoms with van der Waals surface area (Å²) < 4.78 is 10.7. The highest BCUT2D eigenvalue weighted by Crippen LogP contribution is 2.29. The summed E-state index contributed by atoms with van der Waals surface area (Å²) in [5, 5.41) is 17.8. The second kappa shape index (κ2) is 10.2. The van der Waals surface area contributed by atoms with Crippen molar-refractivity contribution in [1.82, 2.24) is 15.1 Å². The number of carbonyl (C=O) groups is 1. The molecule has 0 bridgehead atoms. The topological polar surface area (TPSA) is 126 Å². The van der Waals surface area contributed by atoms with Gasteiger partial charge >= 0.3 is 0 Å². The van der Waals surface area contributed by atoms with Gasteiger partial charge in [0.2, 0.25) is 5.88 Å². The Labute approximate surface area is 196 Å². The molecular weight excluding hydrogens is 432 g/mol. The molecule has 3 aromatic heterocycles. The van der Waals surface area contributed by atoms with Crippen LogP contribution >= 0.6 is 0 Å². The molecule has 0 aliphatic carbocycles. The highest BCUT2D eigenvalue weighted by molar-refractivity contribution is 6.10. The summed E-state index contributed by atoms with van der Waals surface area (Å²) in [7, 11) is 1.46. The summed E-state index contributed by atoms with van der Waals surface area (Å²) in [5.41, 5.74) is 3.78. The maximum atomic E-state index is 13.1. The first-order chi connectivity index (χ1) is 16.6. The van der Waals surface area contributed by atoms with Crippen molar-refractivity contribution >= 4 is 29.1 Å². The fraction of sp³-hybridized carbons (Fsp3) is 0.0800. The quantitative estimate of drug-likeness (QED) is 0.326. The molecule has 9 heteroatoms. The van der Waals surface area contributed by atoms with Gasteiger partial charge in [0.1, 0.15) is 22.7 Å². The van der Waals surface area contributed by atoms with Crippen LogP contribution in [0.5, 0.6) is 5.88 Å². The van der Waals surface area contributed by atoms with Gasteiger partial charge in [0.15, 0.2) is 0 Å². The van der Waals surface area contributed by atoms with Crippen molar-refractivity contribution < 1.29 is 14.1 Å². The molecule has 4 rings (SSSR count). The van der Waals surface area contributed by atoms with E-state index in [9.17, 15) is 4.79 Å². The van der Waals surface area contributed by atoms with E-state index in [0.717, 1.165) is 11.3 Å². The molecule has 0 spiro atoms. The third-order valence-corrected chi connectivity index (χ3v) is 4.96. The largest absolute Gasteiger partial charge is 0.479 e. The van der Waals surface area contributed by atoms with Crippen LogP contribution in [-0.2, 0) is 0 Å². The number of hydrogen-bond donors (Lipinski definition) is 3. The number of nitrogens with zero attached hydrogens (tertiary/aromatic N) is 3. The molecule has 170 valence electrons. The molecule has 0 saturated heterocycles. The molecule has 0 unspecified atom stereocenters. The number of methoxy groups -OCH3 is 1. The van der Waals surface area contributed by atoms with Crippen LogP contribution in [-0.4, -0.2) is 34.4 Å². The second-order valence-corrected chi connectivity index (χ2v) is 7.16. The number of nitrogens with one attached hydrogen (secondary N) is 3. The molecule has 1 amide bonds. The monoisotopic (exact) mass is 454 g/mol. The van der Waals surface area contributed by atoms with Crippen LogP contribution < -0.4 is 15.4 Å². The zero-order valence-electron chi connectivity index (χ0n) is 18.6. The Balaban J connectivity index is 1.59. The van der Waals surface area contributed by atoms with Crippen LogP contribution in [0.2, 0.25) is 0 Å². The summed E-state index contributed by atoms with van der Waals surface area (Å²) in [6.07, 6.45) is 6.18. The number of aromatic nitrogens is 3. The molecule has 0 atom stereocenters. The molecule has 0 radical (unpaired) electrons. The molecule has 0 aliphatic rings. The summed E-state index contributed by atoms with van der Waals surface area (Å²) in [5.74, 6) is 0.210. The number of benzene rings is 1. The average molecular weight is 454 g/mol. The number of aryl methyl sites for hydroxylation is 1. The van der Waals surface area contributed by atoms with E-state index in [-0.39, 0.29) is 5.88 Å². The molecule has 0 saturated carbocycles. The molecule has 4 aromatic rings. The van der Waals surface area contributed by atoms with E-state index in [1.54, 1.807) is 49.8 Å². The molecule has 0 aliphatic heterocycles. The number of pyridine rings is 2. The minimum absolute atomic E-state index is 0.206. The molecular formula is C25H22N6O3. The highest BCUT2D eigenvalue weighted by Gasteiger charge is 2.23. The van der Waals surface area contributed by atoms with E-state index in [1.165, 1.54) is 13.3 Å². The zero-order chi connectivity index (χ0) is 23.9.